The van der Waals surface area contributed by atoms with Gasteiger partial charge in [-0.1, -0.05) is 26.0 Å². The topological polar surface area (TPSA) is 78.4 Å². The van der Waals surface area contributed by atoms with Crippen LogP contribution in [0.15, 0.2) is 23.3 Å². The quantitative estimate of drug-likeness (QED) is 0.733. The zero-order chi connectivity index (χ0) is 18.9. The molecule has 0 bridgehead atoms. The van der Waals surface area contributed by atoms with Gasteiger partial charge in [0.15, 0.2) is 0 Å². The number of nitrogens with one attached hydrogen (secondary N) is 2. The number of aromatic carboxylic acids is 1. The predicted molar refractivity (Wildman–Crippen MR) is 105 cm³/mol. The summed E-state index contributed by atoms with van der Waals surface area (Å²) in [5.41, 5.74) is 2.89. The van der Waals surface area contributed by atoms with E-state index in [1.807, 2.05) is 13.1 Å². The van der Waals surface area contributed by atoms with Gasteiger partial charge in [0.25, 0.3) is 5.91 Å². The highest BCUT2D eigenvalue weighted by molar-refractivity contribution is 7.17. The molecule has 0 radical (unpaired) electrons. The molecule has 3 N–H and O–H groups in total. The number of carboxylic acid groups (broad SMARTS) is 1. The third kappa shape index (κ3) is 3.76. The number of amides is 1. The Labute approximate surface area is 158 Å². The van der Waals surface area contributed by atoms with Crippen molar-refractivity contribution in [3.8, 4) is 0 Å². The smallest absolute Gasteiger partial charge is 0.339 e. The molecule has 0 atom stereocenters. The van der Waals surface area contributed by atoms with Gasteiger partial charge >= 0.3 is 5.97 Å². The van der Waals surface area contributed by atoms with E-state index < -0.39 is 5.97 Å². The minimum atomic E-state index is -0.959. The Kier molecular flexibility index (Phi) is 5.34. The first-order valence-corrected chi connectivity index (χ1v) is 9.87. The molecule has 1 aromatic rings. The number of fused-ring (bicyclic) bond motifs is 1. The number of rotatable bonds is 5. The van der Waals surface area contributed by atoms with E-state index in [4.69, 9.17) is 0 Å². The Morgan fingerprint density at radius 2 is 2.00 bits per heavy atom. The van der Waals surface area contributed by atoms with Gasteiger partial charge in [-0.05, 0) is 55.7 Å². The zero-order valence-electron chi connectivity index (χ0n) is 15.6. The van der Waals surface area contributed by atoms with Crippen molar-refractivity contribution in [1.29, 1.82) is 0 Å². The van der Waals surface area contributed by atoms with Gasteiger partial charge in [-0.3, -0.25) is 4.79 Å². The van der Waals surface area contributed by atoms with Crippen LogP contribution in [0, 0.1) is 5.41 Å². The van der Waals surface area contributed by atoms with Crippen molar-refractivity contribution in [2.45, 2.75) is 46.0 Å². The third-order valence-electron chi connectivity index (χ3n) is 5.08. The highest BCUT2D eigenvalue weighted by Crippen LogP contribution is 2.44. The summed E-state index contributed by atoms with van der Waals surface area (Å²) in [6.45, 7) is 4.96. The maximum absolute atomic E-state index is 12.8. The van der Waals surface area contributed by atoms with E-state index in [0.29, 0.717) is 17.1 Å². The number of hydrogen-bond acceptors (Lipinski definition) is 4. The van der Waals surface area contributed by atoms with Gasteiger partial charge in [-0.25, -0.2) is 4.79 Å². The lowest BCUT2D eigenvalue weighted by Crippen LogP contribution is -2.23. The SMILES string of the molecule is CNCC1=CCCC=C1C(=O)Nc1sc2c(c1C(=O)O)CC(C)(C)CC2. The summed E-state index contributed by atoms with van der Waals surface area (Å²) in [6, 6.07) is 0. The van der Waals surface area contributed by atoms with E-state index in [2.05, 4.69) is 30.6 Å². The molecule has 0 aromatic carbocycles. The number of thiophene rings is 1. The van der Waals surface area contributed by atoms with E-state index >= 15 is 0 Å². The van der Waals surface area contributed by atoms with Gasteiger partial charge < -0.3 is 15.7 Å². The van der Waals surface area contributed by atoms with Gasteiger partial charge in [0.2, 0.25) is 0 Å². The maximum atomic E-state index is 12.8. The number of carbonyl (C=O) groups excluding carboxylic acids is 1. The Hall–Kier alpha value is -1.92. The molecule has 6 heteroatoms. The lowest BCUT2D eigenvalue weighted by Gasteiger charge is -2.29. The molecule has 0 unspecified atom stereocenters. The highest BCUT2D eigenvalue weighted by atomic mass is 32.1. The number of aryl methyl sites for hydroxylation is 1. The molecule has 1 amide bonds. The van der Waals surface area contributed by atoms with Gasteiger partial charge in [-0.2, -0.15) is 0 Å². The molecule has 2 aliphatic rings. The fourth-order valence-corrected chi connectivity index (χ4v) is 4.93. The van der Waals surface area contributed by atoms with Gasteiger partial charge in [-0.15, -0.1) is 11.3 Å². The summed E-state index contributed by atoms with van der Waals surface area (Å²) in [5.74, 6) is -1.18. The Balaban J connectivity index is 1.90. The van der Waals surface area contributed by atoms with Gasteiger partial charge in [0.05, 0.1) is 5.56 Å². The summed E-state index contributed by atoms with van der Waals surface area (Å²) < 4.78 is 0. The molecule has 5 nitrogen and oxygen atoms in total. The maximum Gasteiger partial charge on any atom is 0.339 e. The van der Waals surface area contributed by atoms with Crippen molar-refractivity contribution < 1.29 is 14.7 Å². The summed E-state index contributed by atoms with van der Waals surface area (Å²) >= 11 is 1.42. The van der Waals surface area contributed by atoms with Crippen molar-refractivity contribution in [2.24, 2.45) is 5.41 Å². The average molecular weight is 375 g/mol. The van der Waals surface area contributed by atoms with E-state index in [9.17, 15) is 14.7 Å². The molecule has 1 heterocycles. The number of hydrogen-bond donors (Lipinski definition) is 3. The van der Waals surface area contributed by atoms with Crippen molar-refractivity contribution in [2.75, 3.05) is 18.9 Å². The Morgan fingerprint density at radius 1 is 1.27 bits per heavy atom. The first-order chi connectivity index (χ1) is 12.3. The normalized spacial score (nSPS) is 18.6. The summed E-state index contributed by atoms with van der Waals surface area (Å²) in [6.07, 6.45) is 8.42. The van der Waals surface area contributed by atoms with Crippen LogP contribution in [0.4, 0.5) is 5.00 Å². The van der Waals surface area contributed by atoms with Crippen LogP contribution in [-0.2, 0) is 17.6 Å². The number of carboxylic acids is 1. The second kappa shape index (κ2) is 7.37. The largest absolute Gasteiger partial charge is 0.478 e. The summed E-state index contributed by atoms with van der Waals surface area (Å²) in [7, 11) is 1.85. The molecule has 1 aromatic heterocycles. The predicted octanol–water partition coefficient (Wildman–Crippen LogP) is 3.77. The minimum Gasteiger partial charge on any atom is -0.478 e. The number of likely N-dealkylation sites (N-methyl/N-ethyl adjacent to an activating group) is 1. The molecular weight excluding hydrogens is 348 g/mol. The van der Waals surface area contributed by atoms with Crippen LogP contribution < -0.4 is 10.6 Å². The first-order valence-electron chi connectivity index (χ1n) is 9.06. The third-order valence-corrected chi connectivity index (χ3v) is 6.29. The van der Waals surface area contributed by atoms with Crippen LogP contribution >= 0.6 is 11.3 Å². The average Bonchev–Trinajstić information content (AvgIpc) is 2.91. The number of allylic oxidation sites excluding steroid dienone is 2. The van der Waals surface area contributed by atoms with Crippen molar-refractivity contribution in [1.82, 2.24) is 5.32 Å². The first kappa shape index (κ1) is 18.9. The standard InChI is InChI=1S/C20H26N2O3S/c1-20(2)9-8-15-14(10-20)16(19(24)25)18(26-15)22-17(23)13-7-5-4-6-12(13)11-21-3/h6-7,21H,4-5,8-11H2,1-3H3,(H,22,23)(H,24,25). The second-order valence-corrected chi connectivity index (χ2v) is 8.87. The molecule has 0 spiro atoms. The lowest BCUT2D eigenvalue weighted by atomic mass is 9.76. The fourth-order valence-electron chi connectivity index (χ4n) is 3.73. The zero-order valence-corrected chi connectivity index (χ0v) is 16.4. The van der Waals surface area contributed by atoms with E-state index in [0.717, 1.165) is 48.1 Å². The number of carbonyl (C=O) groups is 2. The fraction of sp³-hybridized carbons (Fsp3) is 0.500. The molecule has 26 heavy (non-hydrogen) atoms. The van der Waals surface area contributed by atoms with Crippen LogP contribution in [0.2, 0.25) is 0 Å². The molecule has 0 saturated carbocycles. The summed E-state index contributed by atoms with van der Waals surface area (Å²) in [5, 5.41) is 16.2. The monoisotopic (exact) mass is 374 g/mol. The van der Waals surface area contributed by atoms with Crippen LogP contribution in [0.1, 0.15) is 53.9 Å². The van der Waals surface area contributed by atoms with Gasteiger partial charge in [0, 0.05) is 17.0 Å². The number of anilines is 1. The van der Waals surface area contributed by atoms with Crippen molar-refractivity contribution >= 4 is 28.2 Å². The van der Waals surface area contributed by atoms with Crippen LogP contribution in [0.3, 0.4) is 0 Å². The molecule has 3 rings (SSSR count). The molecule has 0 fully saturated rings. The molecular formula is C20H26N2O3S. The Morgan fingerprint density at radius 3 is 2.69 bits per heavy atom. The van der Waals surface area contributed by atoms with Crippen LogP contribution in [0.25, 0.3) is 0 Å². The summed E-state index contributed by atoms with van der Waals surface area (Å²) in [4.78, 5) is 25.8. The van der Waals surface area contributed by atoms with E-state index in [1.165, 1.54) is 11.3 Å². The van der Waals surface area contributed by atoms with Crippen LogP contribution in [0.5, 0.6) is 0 Å². The van der Waals surface area contributed by atoms with Crippen LogP contribution in [-0.4, -0.2) is 30.6 Å². The molecule has 0 saturated heterocycles. The van der Waals surface area contributed by atoms with E-state index in [-0.39, 0.29) is 16.9 Å². The van der Waals surface area contributed by atoms with Crippen molar-refractivity contribution in [3.05, 3.63) is 39.3 Å². The highest BCUT2D eigenvalue weighted by Gasteiger charge is 2.33. The molecule has 140 valence electrons. The second-order valence-electron chi connectivity index (χ2n) is 7.76. The van der Waals surface area contributed by atoms with Gasteiger partial charge in [0.1, 0.15) is 5.00 Å². The van der Waals surface area contributed by atoms with Crippen molar-refractivity contribution in [3.63, 3.8) is 0 Å². The molecule has 0 aliphatic heterocycles. The Bertz CT molecular complexity index is 802. The molecule has 2 aliphatic carbocycles. The minimum absolute atomic E-state index is 0.0914. The van der Waals surface area contributed by atoms with E-state index in [1.54, 1.807) is 0 Å². The lowest BCUT2D eigenvalue weighted by molar-refractivity contribution is -0.112.